The first-order valence-corrected chi connectivity index (χ1v) is 5.84. The highest BCUT2D eigenvalue weighted by Gasteiger charge is 2.09. The maximum Gasteiger partial charge on any atom is 0.310 e. The van der Waals surface area contributed by atoms with E-state index in [4.69, 9.17) is 10.5 Å². The van der Waals surface area contributed by atoms with E-state index in [-0.39, 0.29) is 30.7 Å². The molecule has 0 aliphatic rings. The predicted molar refractivity (Wildman–Crippen MR) is 76.3 cm³/mol. The van der Waals surface area contributed by atoms with E-state index in [2.05, 4.69) is 5.32 Å². The summed E-state index contributed by atoms with van der Waals surface area (Å²) in [6.07, 6.45) is 0.190. The molecule has 0 aromatic heterocycles. The van der Waals surface area contributed by atoms with Crippen molar-refractivity contribution in [1.29, 1.82) is 0 Å². The number of nitrogens with two attached hydrogens (primary N) is 1. The first kappa shape index (κ1) is 17.4. The molecule has 0 aliphatic heterocycles. The summed E-state index contributed by atoms with van der Waals surface area (Å²) < 4.78 is 4.86. The lowest BCUT2D eigenvalue weighted by Gasteiger charge is -2.09. The fourth-order valence-corrected chi connectivity index (χ4v) is 1.39. The fraction of sp³-hybridized carbons (Fsp3) is 0.385. The van der Waals surface area contributed by atoms with Crippen LogP contribution in [0, 0.1) is 0 Å². The normalized spacial score (nSPS) is 11.1. The number of nitrogens with one attached hydrogen (secondary N) is 1. The highest BCUT2D eigenvalue weighted by atomic mass is 35.5. The van der Waals surface area contributed by atoms with Gasteiger partial charge in [0.25, 0.3) is 0 Å². The van der Waals surface area contributed by atoms with Gasteiger partial charge in [0.15, 0.2) is 0 Å². The van der Waals surface area contributed by atoms with Crippen molar-refractivity contribution in [1.82, 2.24) is 0 Å². The molecule has 5 nitrogen and oxygen atoms in total. The Morgan fingerprint density at radius 3 is 2.68 bits per heavy atom. The van der Waals surface area contributed by atoms with Crippen LogP contribution in [0.1, 0.15) is 19.4 Å². The molecule has 1 aromatic rings. The monoisotopic (exact) mass is 286 g/mol. The number of hydrogen-bond donors (Lipinski definition) is 2. The third-order valence-corrected chi connectivity index (χ3v) is 2.26. The minimum Gasteiger partial charge on any atom is -0.466 e. The predicted octanol–water partition coefficient (Wildman–Crippen LogP) is 1.50. The molecule has 1 aromatic carbocycles. The summed E-state index contributed by atoms with van der Waals surface area (Å²) in [6, 6.07) is 6.48. The number of ether oxygens (including phenoxy) is 1. The number of esters is 1. The second-order valence-corrected chi connectivity index (χ2v) is 3.96. The lowest BCUT2D eigenvalue weighted by Crippen LogP contribution is -2.32. The number of anilines is 1. The van der Waals surface area contributed by atoms with Crippen LogP contribution in [-0.2, 0) is 20.7 Å². The molecule has 0 saturated heterocycles. The van der Waals surface area contributed by atoms with Gasteiger partial charge in [-0.25, -0.2) is 0 Å². The second kappa shape index (κ2) is 8.50. The van der Waals surface area contributed by atoms with E-state index >= 15 is 0 Å². The second-order valence-electron chi connectivity index (χ2n) is 3.96. The summed E-state index contributed by atoms with van der Waals surface area (Å²) in [5, 5.41) is 2.67. The number of carbonyl (C=O) groups excluding carboxylic acids is 2. The maximum absolute atomic E-state index is 11.4. The van der Waals surface area contributed by atoms with E-state index in [1.54, 1.807) is 38.1 Å². The molecule has 0 unspecified atom stereocenters. The Hall–Kier alpha value is -1.59. The molecule has 0 bridgehead atoms. The smallest absolute Gasteiger partial charge is 0.310 e. The van der Waals surface area contributed by atoms with Crippen LogP contribution in [0.15, 0.2) is 24.3 Å². The zero-order chi connectivity index (χ0) is 13.5. The van der Waals surface area contributed by atoms with E-state index in [1.165, 1.54) is 0 Å². The molecule has 1 atom stereocenters. The largest absolute Gasteiger partial charge is 0.466 e. The van der Waals surface area contributed by atoms with Gasteiger partial charge in [-0.3, -0.25) is 9.59 Å². The lowest BCUT2D eigenvalue weighted by molar-refractivity contribution is -0.142. The number of amides is 1. The quantitative estimate of drug-likeness (QED) is 0.804. The Labute approximate surface area is 118 Å². The van der Waals surface area contributed by atoms with Crippen LogP contribution >= 0.6 is 12.4 Å². The molecule has 0 fully saturated rings. The van der Waals surface area contributed by atoms with Crippen molar-refractivity contribution in [2.45, 2.75) is 26.3 Å². The minimum absolute atomic E-state index is 0. The average molecular weight is 287 g/mol. The molecule has 106 valence electrons. The zero-order valence-electron chi connectivity index (χ0n) is 11.0. The van der Waals surface area contributed by atoms with Crippen LogP contribution in [0.4, 0.5) is 5.69 Å². The van der Waals surface area contributed by atoms with Gasteiger partial charge < -0.3 is 15.8 Å². The molecule has 0 spiro atoms. The summed E-state index contributed by atoms with van der Waals surface area (Å²) in [4.78, 5) is 22.7. The Bertz CT molecular complexity index is 436. The van der Waals surface area contributed by atoms with E-state index in [0.717, 1.165) is 5.56 Å². The van der Waals surface area contributed by atoms with Crippen molar-refractivity contribution in [3.8, 4) is 0 Å². The van der Waals surface area contributed by atoms with E-state index < -0.39 is 6.04 Å². The van der Waals surface area contributed by atoms with Crippen molar-refractivity contribution in [2.75, 3.05) is 11.9 Å². The Morgan fingerprint density at radius 1 is 1.42 bits per heavy atom. The molecule has 1 rings (SSSR count). The third-order valence-electron chi connectivity index (χ3n) is 2.26. The van der Waals surface area contributed by atoms with Crippen LogP contribution in [-0.4, -0.2) is 24.5 Å². The molecule has 0 heterocycles. The first-order chi connectivity index (χ1) is 8.52. The maximum atomic E-state index is 11.4. The molecule has 19 heavy (non-hydrogen) atoms. The van der Waals surface area contributed by atoms with Gasteiger partial charge in [-0.15, -0.1) is 12.4 Å². The lowest BCUT2D eigenvalue weighted by atomic mass is 10.1. The van der Waals surface area contributed by atoms with E-state index in [1.807, 2.05) is 0 Å². The topological polar surface area (TPSA) is 81.4 Å². The van der Waals surface area contributed by atoms with Gasteiger partial charge in [-0.1, -0.05) is 12.1 Å². The van der Waals surface area contributed by atoms with Gasteiger partial charge in [0.2, 0.25) is 5.91 Å². The van der Waals surface area contributed by atoms with Crippen LogP contribution < -0.4 is 11.1 Å². The Kier molecular flexibility index (Phi) is 7.79. The summed E-state index contributed by atoms with van der Waals surface area (Å²) in [5.41, 5.74) is 6.87. The van der Waals surface area contributed by atoms with Crippen molar-refractivity contribution >= 4 is 30.0 Å². The summed E-state index contributed by atoms with van der Waals surface area (Å²) in [6.45, 7) is 3.73. The van der Waals surface area contributed by atoms with Gasteiger partial charge in [0, 0.05) is 5.69 Å². The number of rotatable bonds is 5. The summed E-state index contributed by atoms with van der Waals surface area (Å²) >= 11 is 0. The highest BCUT2D eigenvalue weighted by molar-refractivity contribution is 5.94. The molecule has 6 heteroatoms. The van der Waals surface area contributed by atoms with Gasteiger partial charge in [-0.2, -0.15) is 0 Å². The molecule has 1 amide bonds. The number of carbonyl (C=O) groups is 2. The molecule has 3 N–H and O–H groups in total. The number of benzene rings is 1. The molecule has 0 saturated carbocycles. The van der Waals surface area contributed by atoms with Gasteiger partial charge in [0.1, 0.15) is 0 Å². The molecule has 0 radical (unpaired) electrons. The van der Waals surface area contributed by atoms with Gasteiger partial charge in [-0.05, 0) is 31.5 Å². The average Bonchev–Trinajstić information content (AvgIpc) is 2.29. The zero-order valence-corrected chi connectivity index (χ0v) is 11.8. The minimum atomic E-state index is -0.571. The van der Waals surface area contributed by atoms with Crippen molar-refractivity contribution in [3.63, 3.8) is 0 Å². The van der Waals surface area contributed by atoms with Gasteiger partial charge in [0.05, 0.1) is 19.1 Å². The Morgan fingerprint density at radius 2 is 2.11 bits per heavy atom. The SMILES string of the molecule is CCOC(=O)Cc1cccc(NC(=O)[C@@H](C)N)c1.Cl. The van der Waals surface area contributed by atoms with Crippen LogP contribution in [0.2, 0.25) is 0 Å². The van der Waals surface area contributed by atoms with Crippen molar-refractivity contribution in [2.24, 2.45) is 5.73 Å². The molecular formula is C13H19ClN2O3. The standard InChI is InChI=1S/C13H18N2O3.ClH/c1-3-18-12(16)8-10-5-4-6-11(7-10)15-13(17)9(2)14;/h4-7,9H,3,8,14H2,1-2H3,(H,15,17);1H/t9-;/m1./s1. The Balaban J connectivity index is 0.00000324. The fourth-order valence-electron chi connectivity index (χ4n) is 1.39. The first-order valence-electron chi connectivity index (χ1n) is 5.84. The van der Waals surface area contributed by atoms with Crippen LogP contribution in [0.25, 0.3) is 0 Å². The van der Waals surface area contributed by atoms with Crippen LogP contribution in [0.5, 0.6) is 0 Å². The highest BCUT2D eigenvalue weighted by Crippen LogP contribution is 2.12. The van der Waals surface area contributed by atoms with Gasteiger partial charge >= 0.3 is 5.97 Å². The molecule has 0 aliphatic carbocycles. The number of halogens is 1. The molecular weight excluding hydrogens is 268 g/mol. The van der Waals surface area contributed by atoms with E-state index in [0.29, 0.717) is 12.3 Å². The van der Waals surface area contributed by atoms with Crippen molar-refractivity contribution < 1.29 is 14.3 Å². The third kappa shape index (κ3) is 6.22. The van der Waals surface area contributed by atoms with Crippen LogP contribution in [0.3, 0.4) is 0 Å². The van der Waals surface area contributed by atoms with Crippen molar-refractivity contribution in [3.05, 3.63) is 29.8 Å². The summed E-state index contributed by atoms with van der Waals surface area (Å²) in [5.74, 6) is -0.545. The number of hydrogen-bond acceptors (Lipinski definition) is 4. The summed E-state index contributed by atoms with van der Waals surface area (Å²) in [7, 11) is 0. The van der Waals surface area contributed by atoms with E-state index in [9.17, 15) is 9.59 Å².